The molecule has 2 rings (SSSR count). The maximum Gasteiger partial charge on any atom is 0.343 e. The fourth-order valence-electron chi connectivity index (χ4n) is 4.78. The lowest BCUT2D eigenvalue weighted by Crippen LogP contribution is -2.09. The molecule has 0 amide bonds. The second-order valence-corrected chi connectivity index (χ2v) is 10.2. The molecule has 0 spiro atoms. The van der Waals surface area contributed by atoms with Crippen LogP contribution in [0.15, 0.2) is 48.5 Å². The minimum absolute atomic E-state index is 0.0224. The third-order valence-electron chi connectivity index (χ3n) is 7.04. The summed E-state index contributed by atoms with van der Waals surface area (Å²) in [5.74, 6) is 0.871. The number of unbranched alkanes of at least 4 members (excludes halogenated alkanes) is 8. The predicted molar refractivity (Wildman–Crippen MR) is 152 cm³/mol. The van der Waals surface area contributed by atoms with Crippen molar-refractivity contribution in [3.8, 4) is 5.75 Å². The summed E-state index contributed by atoms with van der Waals surface area (Å²) in [7, 11) is 0. The molecule has 2 aromatic carbocycles. The van der Waals surface area contributed by atoms with Gasteiger partial charge in [-0.15, -0.1) is 0 Å². The molecule has 200 valence electrons. The minimum Gasteiger partial charge on any atom is -0.423 e. The zero-order valence-corrected chi connectivity index (χ0v) is 23.4. The molecule has 0 N–H and O–H groups in total. The summed E-state index contributed by atoms with van der Waals surface area (Å²) in [5, 5.41) is 0. The Hall–Kier alpha value is -2.13. The van der Waals surface area contributed by atoms with Crippen molar-refractivity contribution in [3.63, 3.8) is 0 Å². The van der Waals surface area contributed by atoms with Crippen molar-refractivity contribution in [2.45, 2.75) is 123 Å². The van der Waals surface area contributed by atoms with Gasteiger partial charge >= 0.3 is 5.97 Å². The number of hydrogen-bond acceptors (Lipinski definition) is 3. The molecule has 0 fully saturated rings. The van der Waals surface area contributed by atoms with E-state index in [9.17, 15) is 4.79 Å². The lowest BCUT2D eigenvalue weighted by atomic mass is 9.89. The second-order valence-electron chi connectivity index (χ2n) is 10.2. The maximum atomic E-state index is 12.6. The Labute approximate surface area is 221 Å². The number of carbonyl (C=O) groups excluding carboxylic acids is 1. The van der Waals surface area contributed by atoms with Crippen LogP contribution in [0.25, 0.3) is 0 Å². The number of ether oxygens (including phenoxy) is 2. The van der Waals surface area contributed by atoms with E-state index in [0.29, 0.717) is 17.2 Å². The highest BCUT2D eigenvalue weighted by atomic mass is 16.5. The van der Waals surface area contributed by atoms with Crippen LogP contribution in [0.2, 0.25) is 0 Å². The van der Waals surface area contributed by atoms with Gasteiger partial charge in [0.2, 0.25) is 0 Å². The molecule has 0 heterocycles. The van der Waals surface area contributed by atoms with E-state index in [2.05, 4.69) is 32.9 Å². The maximum absolute atomic E-state index is 12.6. The smallest absolute Gasteiger partial charge is 0.343 e. The topological polar surface area (TPSA) is 35.5 Å². The van der Waals surface area contributed by atoms with Crippen molar-refractivity contribution in [3.05, 3.63) is 65.2 Å². The molecule has 2 atom stereocenters. The molecule has 0 aliphatic heterocycles. The molecule has 2 aromatic rings. The third kappa shape index (κ3) is 11.3. The Balaban J connectivity index is 1.80. The van der Waals surface area contributed by atoms with Gasteiger partial charge in [0.1, 0.15) is 5.75 Å². The highest BCUT2D eigenvalue weighted by molar-refractivity contribution is 5.91. The molecule has 0 aliphatic carbocycles. The molecule has 0 radical (unpaired) electrons. The largest absolute Gasteiger partial charge is 0.423 e. The molecule has 0 aliphatic rings. The van der Waals surface area contributed by atoms with E-state index in [-0.39, 0.29) is 12.1 Å². The van der Waals surface area contributed by atoms with Gasteiger partial charge in [-0.25, -0.2) is 4.79 Å². The van der Waals surface area contributed by atoms with Crippen molar-refractivity contribution in [1.82, 2.24) is 0 Å². The van der Waals surface area contributed by atoms with E-state index in [0.717, 1.165) is 18.6 Å². The van der Waals surface area contributed by atoms with E-state index in [1.54, 1.807) is 0 Å². The summed E-state index contributed by atoms with van der Waals surface area (Å²) < 4.78 is 11.4. The first-order valence-corrected chi connectivity index (χ1v) is 14.6. The fourth-order valence-corrected chi connectivity index (χ4v) is 4.78. The molecule has 3 heteroatoms. The van der Waals surface area contributed by atoms with Crippen LogP contribution in [0.5, 0.6) is 5.75 Å². The van der Waals surface area contributed by atoms with Gasteiger partial charge in [-0.2, -0.15) is 0 Å². The van der Waals surface area contributed by atoms with Gasteiger partial charge in [-0.3, -0.25) is 0 Å². The van der Waals surface area contributed by atoms with Crippen LogP contribution < -0.4 is 4.74 Å². The van der Waals surface area contributed by atoms with E-state index < -0.39 is 0 Å². The molecular formula is C33H50O3. The lowest BCUT2D eigenvalue weighted by molar-refractivity contribution is 0.0660. The monoisotopic (exact) mass is 494 g/mol. The summed E-state index contributed by atoms with van der Waals surface area (Å²) in [6.45, 7) is 9.41. The Bertz CT molecular complexity index is 825. The summed E-state index contributed by atoms with van der Waals surface area (Å²) in [5.41, 5.74) is 2.99. The van der Waals surface area contributed by atoms with Gasteiger partial charge in [0.25, 0.3) is 0 Å². The Morgan fingerprint density at radius 1 is 0.667 bits per heavy atom. The van der Waals surface area contributed by atoms with Crippen molar-refractivity contribution in [1.29, 1.82) is 0 Å². The number of esters is 1. The zero-order chi connectivity index (χ0) is 26.0. The molecule has 3 nitrogen and oxygen atoms in total. The first-order valence-electron chi connectivity index (χ1n) is 14.6. The normalized spacial score (nSPS) is 12.9. The van der Waals surface area contributed by atoms with Crippen molar-refractivity contribution in [2.75, 3.05) is 6.61 Å². The summed E-state index contributed by atoms with van der Waals surface area (Å²) in [6.07, 6.45) is 17.0. The van der Waals surface area contributed by atoms with Crippen LogP contribution in [-0.4, -0.2) is 12.6 Å². The molecule has 0 aromatic heterocycles. The van der Waals surface area contributed by atoms with E-state index in [1.165, 1.54) is 82.6 Å². The fraction of sp³-hybridized carbons (Fsp3) is 0.606. The summed E-state index contributed by atoms with van der Waals surface area (Å²) in [6, 6.07) is 15.7. The first kappa shape index (κ1) is 30.1. The van der Waals surface area contributed by atoms with E-state index in [1.807, 2.05) is 43.3 Å². The summed E-state index contributed by atoms with van der Waals surface area (Å²) in [4.78, 5) is 12.6. The van der Waals surface area contributed by atoms with Crippen LogP contribution in [0.4, 0.5) is 0 Å². The number of rotatable bonds is 19. The standard InChI is InChI=1S/C33H50O3/c1-5-8-9-10-11-12-13-14-15-17-29(16-6-2)30-22-24-32(25-23-30)36-33(34)31-20-18-28(19-21-31)27(4)35-26-7-3/h18-25,27,29H,5-17,26H2,1-4H3. The SMILES string of the molecule is CCCCCCCCCCCC(CCC)c1ccc(OC(=O)c2ccc(C(C)OCCC)cc2)cc1. The molecule has 0 saturated carbocycles. The van der Waals surface area contributed by atoms with Crippen LogP contribution in [0.3, 0.4) is 0 Å². The molecule has 2 unspecified atom stereocenters. The number of carbonyl (C=O) groups is 1. The van der Waals surface area contributed by atoms with E-state index >= 15 is 0 Å². The van der Waals surface area contributed by atoms with Gasteiger partial charge in [-0.1, -0.05) is 109 Å². The first-order chi connectivity index (χ1) is 17.6. The van der Waals surface area contributed by atoms with Crippen LogP contribution in [-0.2, 0) is 4.74 Å². The van der Waals surface area contributed by atoms with E-state index in [4.69, 9.17) is 9.47 Å². The lowest BCUT2D eigenvalue weighted by Gasteiger charge is -2.17. The summed E-state index contributed by atoms with van der Waals surface area (Å²) >= 11 is 0. The van der Waals surface area contributed by atoms with Crippen LogP contribution in [0, 0.1) is 0 Å². The Morgan fingerprint density at radius 3 is 1.83 bits per heavy atom. The predicted octanol–water partition coefficient (Wildman–Crippen LogP) is 10.2. The molecular weight excluding hydrogens is 444 g/mol. The van der Waals surface area contributed by atoms with Crippen molar-refractivity contribution in [2.24, 2.45) is 0 Å². The van der Waals surface area contributed by atoms with Gasteiger partial charge in [0.15, 0.2) is 0 Å². The average Bonchev–Trinajstić information content (AvgIpc) is 2.90. The average molecular weight is 495 g/mol. The minimum atomic E-state index is -0.323. The van der Waals surface area contributed by atoms with Gasteiger partial charge in [0, 0.05) is 6.61 Å². The van der Waals surface area contributed by atoms with Gasteiger partial charge in [-0.05, 0) is 67.5 Å². The second kappa shape index (κ2) is 18.2. The zero-order valence-electron chi connectivity index (χ0n) is 23.4. The van der Waals surface area contributed by atoms with Crippen molar-refractivity contribution < 1.29 is 14.3 Å². The quantitative estimate of drug-likeness (QED) is 0.111. The van der Waals surface area contributed by atoms with Gasteiger partial charge < -0.3 is 9.47 Å². The van der Waals surface area contributed by atoms with Crippen LogP contribution >= 0.6 is 0 Å². The molecule has 0 saturated heterocycles. The van der Waals surface area contributed by atoms with Crippen molar-refractivity contribution >= 4 is 5.97 Å². The molecule has 36 heavy (non-hydrogen) atoms. The van der Waals surface area contributed by atoms with Crippen LogP contribution in [0.1, 0.15) is 145 Å². The number of benzene rings is 2. The third-order valence-corrected chi connectivity index (χ3v) is 7.04. The number of hydrogen-bond donors (Lipinski definition) is 0. The Kier molecular flexibility index (Phi) is 15.2. The highest BCUT2D eigenvalue weighted by Crippen LogP contribution is 2.29. The molecule has 0 bridgehead atoms. The highest BCUT2D eigenvalue weighted by Gasteiger charge is 2.13. The van der Waals surface area contributed by atoms with Gasteiger partial charge in [0.05, 0.1) is 11.7 Å². The Morgan fingerprint density at radius 2 is 1.25 bits per heavy atom.